The molecule has 1 N–H and O–H groups in total. The molecule has 5 heteroatoms. The maximum absolute atomic E-state index is 12.0. The summed E-state index contributed by atoms with van der Waals surface area (Å²) in [6.45, 7) is 0.414. The Kier molecular flexibility index (Phi) is 4.96. The molecule has 0 saturated carbocycles. The highest BCUT2D eigenvalue weighted by atomic mass is 35.5. The zero-order chi connectivity index (χ0) is 13.7. The number of amides is 1. The molecular weight excluding hydrogens is 282 g/mol. The van der Waals surface area contributed by atoms with E-state index in [0.29, 0.717) is 17.1 Å². The number of carbonyl (C=O) groups is 1. The molecule has 100 valence electrons. The van der Waals surface area contributed by atoms with Crippen LogP contribution < -0.4 is 5.32 Å². The Labute approximate surface area is 121 Å². The number of benzene rings is 1. The average Bonchev–Trinajstić information content (AvgIpc) is 2.94. The van der Waals surface area contributed by atoms with Crippen molar-refractivity contribution in [3.05, 3.63) is 57.2 Å². The summed E-state index contributed by atoms with van der Waals surface area (Å²) in [6.07, 6.45) is -0.141. The monoisotopic (exact) mass is 295 g/mol. The van der Waals surface area contributed by atoms with Crippen LogP contribution in [0.15, 0.2) is 41.1 Å². The highest BCUT2D eigenvalue weighted by Gasteiger charge is 2.14. The molecule has 2 aromatic rings. The Bertz CT molecular complexity index is 542. The molecule has 2 rings (SSSR count). The van der Waals surface area contributed by atoms with Gasteiger partial charge in [0.25, 0.3) is 5.91 Å². The summed E-state index contributed by atoms with van der Waals surface area (Å²) >= 11 is 7.58. The van der Waals surface area contributed by atoms with Gasteiger partial charge in [-0.1, -0.05) is 23.7 Å². The lowest BCUT2D eigenvalue weighted by molar-refractivity contribution is 0.0829. The van der Waals surface area contributed by atoms with Crippen LogP contribution >= 0.6 is 22.9 Å². The Morgan fingerprint density at radius 1 is 1.42 bits per heavy atom. The lowest BCUT2D eigenvalue weighted by atomic mass is 10.1. The van der Waals surface area contributed by atoms with Gasteiger partial charge in [-0.25, -0.2) is 0 Å². The summed E-state index contributed by atoms with van der Waals surface area (Å²) in [5.74, 6) is -0.192. The zero-order valence-electron chi connectivity index (χ0n) is 10.4. The van der Waals surface area contributed by atoms with E-state index in [9.17, 15) is 4.79 Å². The van der Waals surface area contributed by atoms with Crippen LogP contribution in [-0.4, -0.2) is 19.6 Å². The number of halogens is 1. The topological polar surface area (TPSA) is 38.3 Å². The van der Waals surface area contributed by atoms with Gasteiger partial charge in [0.2, 0.25) is 0 Å². The number of hydrogen-bond acceptors (Lipinski definition) is 3. The van der Waals surface area contributed by atoms with Crippen LogP contribution in [0.25, 0.3) is 0 Å². The molecule has 1 aromatic heterocycles. The Balaban J connectivity index is 1.98. The predicted octanol–water partition coefficient (Wildman–Crippen LogP) is 3.52. The van der Waals surface area contributed by atoms with Gasteiger partial charge in [-0.3, -0.25) is 4.79 Å². The SMILES string of the molecule is COC(CNC(=O)c1ccccc1Cl)c1ccsc1. The second-order valence-electron chi connectivity index (χ2n) is 3.97. The predicted molar refractivity (Wildman–Crippen MR) is 77.9 cm³/mol. The van der Waals surface area contributed by atoms with Gasteiger partial charge in [0, 0.05) is 13.7 Å². The summed E-state index contributed by atoms with van der Waals surface area (Å²) in [6, 6.07) is 8.96. The molecule has 0 radical (unpaired) electrons. The first-order valence-corrected chi connectivity index (χ1v) is 7.12. The van der Waals surface area contributed by atoms with E-state index in [1.807, 2.05) is 16.8 Å². The van der Waals surface area contributed by atoms with Gasteiger partial charge in [0.15, 0.2) is 0 Å². The molecule has 1 atom stereocenters. The Hall–Kier alpha value is -1.36. The van der Waals surface area contributed by atoms with E-state index in [2.05, 4.69) is 5.32 Å². The van der Waals surface area contributed by atoms with Crippen LogP contribution in [0.4, 0.5) is 0 Å². The van der Waals surface area contributed by atoms with E-state index in [1.165, 1.54) is 0 Å². The molecule has 1 heterocycles. The molecule has 0 saturated heterocycles. The number of ether oxygens (including phenoxy) is 1. The van der Waals surface area contributed by atoms with E-state index in [1.54, 1.807) is 42.7 Å². The van der Waals surface area contributed by atoms with Crippen molar-refractivity contribution in [3.8, 4) is 0 Å². The third-order valence-electron chi connectivity index (χ3n) is 2.77. The maximum Gasteiger partial charge on any atom is 0.252 e. The van der Waals surface area contributed by atoms with Crippen LogP contribution in [0.1, 0.15) is 22.0 Å². The van der Waals surface area contributed by atoms with E-state index in [-0.39, 0.29) is 12.0 Å². The lowest BCUT2D eigenvalue weighted by Gasteiger charge is -2.15. The molecule has 1 unspecified atom stereocenters. The van der Waals surface area contributed by atoms with E-state index >= 15 is 0 Å². The fraction of sp³-hybridized carbons (Fsp3) is 0.214. The minimum Gasteiger partial charge on any atom is -0.375 e. The van der Waals surface area contributed by atoms with Crippen molar-refractivity contribution in [1.82, 2.24) is 5.32 Å². The van der Waals surface area contributed by atoms with Crippen molar-refractivity contribution >= 4 is 28.8 Å². The molecule has 1 aromatic carbocycles. The molecule has 0 fully saturated rings. The first kappa shape index (κ1) is 14.1. The Morgan fingerprint density at radius 2 is 2.21 bits per heavy atom. The van der Waals surface area contributed by atoms with E-state index in [0.717, 1.165) is 5.56 Å². The molecule has 0 aliphatic heterocycles. The fourth-order valence-corrected chi connectivity index (χ4v) is 2.64. The van der Waals surface area contributed by atoms with Crippen molar-refractivity contribution in [1.29, 1.82) is 0 Å². The smallest absolute Gasteiger partial charge is 0.252 e. The van der Waals surface area contributed by atoms with Crippen molar-refractivity contribution < 1.29 is 9.53 Å². The normalized spacial score (nSPS) is 12.1. The number of methoxy groups -OCH3 is 1. The molecule has 0 bridgehead atoms. The summed E-state index contributed by atoms with van der Waals surface area (Å²) in [5.41, 5.74) is 1.54. The van der Waals surface area contributed by atoms with Crippen LogP contribution in [0, 0.1) is 0 Å². The maximum atomic E-state index is 12.0. The van der Waals surface area contributed by atoms with Crippen molar-refractivity contribution in [3.63, 3.8) is 0 Å². The van der Waals surface area contributed by atoms with E-state index in [4.69, 9.17) is 16.3 Å². The minimum absolute atomic E-state index is 0.141. The van der Waals surface area contributed by atoms with Crippen LogP contribution in [0.5, 0.6) is 0 Å². The molecule has 19 heavy (non-hydrogen) atoms. The van der Waals surface area contributed by atoms with Gasteiger partial charge in [-0.2, -0.15) is 11.3 Å². The van der Waals surface area contributed by atoms with Gasteiger partial charge in [-0.05, 0) is 34.5 Å². The van der Waals surface area contributed by atoms with E-state index < -0.39 is 0 Å². The largest absolute Gasteiger partial charge is 0.375 e. The molecule has 0 aliphatic rings. The molecular formula is C14H14ClNO2S. The van der Waals surface area contributed by atoms with Gasteiger partial charge in [-0.15, -0.1) is 0 Å². The lowest BCUT2D eigenvalue weighted by Crippen LogP contribution is -2.29. The zero-order valence-corrected chi connectivity index (χ0v) is 12.0. The van der Waals surface area contributed by atoms with Crippen LogP contribution in [0.2, 0.25) is 5.02 Å². The van der Waals surface area contributed by atoms with Crippen molar-refractivity contribution in [2.45, 2.75) is 6.10 Å². The first-order chi connectivity index (χ1) is 9.22. The van der Waals surface area contributed by atoms with Gasteiger partial charge < -0.3 is 10.1 Å². The molecule has 0 aliphatic carbocycles. The van der Waals surface area contributed by atoms with Gasteiger partial charge in [0.05, 0.1) is 10.6 Å². The second-order valence-corrected chi connectivity index (χ2v) is 5.16. The van der Waals surface area contributed by atoms with Crippen molar-refractivity contribution in [2.24, 2.45) is 0 Å². The summed E-state index contributed by atoms with van der Waals surface area (Å²) < 4.78 is 5.37. The average molecular weight is 296 g/mol. The first-order valence-electron chi connectivity index (χ1n) is 5.80. The highest BCUT2D eigenvalue weighted by molar-refractivity contribution is 7.07. The number of thiophene rings is 1. The Morgan fingerprint density at radius 3 is 2.84 bits per heavy atom. The molecule has 3 nitrogen and oxygen atoms in total. The highest BCUT2D eigenvalue weighted by Crippen LogP contribution is 2.19. The number of nitrogens with one attached hydrogen (secondary N) is 1. The van der Waals surface area contributed by atoms with Crippen LogP contribution in [-0.2, 0) is 4.74 Å². The second kappa shape index (κ2) is 6.70. The van der Waals surface area contributed by atoms with Gasteiger partial charge >= 0.3 is 0 Å². The third-order valence-corrected chi connectivity index (χ3v) is 3.80. The summed E-state index contributed by atoms with van der Waals surface area (Å²) in [7, 11) is 1.63. The summed E-state index contributed by atoms with van der Waals surface area (Å²) in [5, 5.41) is 7.28. The summed E-state index contributed by atoms with van der Waals surface area (Å²) in [4.78, 5) is 12.0. The van der Waals surface area contributed by atoms with Crippen molar-refractivity contribution in [2.75, 3.05) is 13.7 Å². The van der Waals surface area contributed by atoms with Gasteiger partial charge in [0.1, 0.15) is 6.10 Å². The minimum atomic E-state index is -0.192. The fourth-order valence-electron chi connectivity index (χ4n) is 1.72. The quantitative estimate of drug-likeness (QED) is 0.916. The number of carbonyl (C=O) groups excluding carboxylic acids is 1. The number of hydrogen-bond donors (Lipinski definition) is 1. The molecule has 0 spiro atoms. The molecule has 1 amide bonds. The van der Waals surface area contributed by atoms with Crippen LogP contribution in [0.3, 0.4) is 0 Å². The standard InChI is InChI=1S/C14H14ClNO2S/c1-18-13(10-6-7-19-9-10)8-16-14(17)11-4-2-3-5-12(11)15/h2-7,9,13H,8H2,1H3,(H,16,17). The number of rotatable bonds is 5. The third kappa shape index (κ3) is 3.56.